The number of amides is 2. The van der Waals surface area contributed by atoms with E-state index in [1.54, 1.807) is 36.4 Å². The third kappa shape index (κ3) is 6.71. The smallest absolute Gasteiger partial charge is 0.242 e. The minimum Gasteiger partial charge on any atom is -0.354 e. The Morgan fingerprint density at radius 1 is 1.10 bits per heavy atom. The van der Waals surface area contributed by atoms with Crippen LogP contribution in [0.3, 0.4) is 0 Å². The zero-order valence-corrected chi connectivity index (χ0v) is 18.8. The predicted octanol–water partition coefficient (Wildman–Crippen LogP) is 5.40. The first-order valence-electron chi connectivity index (χ1n) is 10.1. The molecule has 2 aromatic rings. The van der Waals surface area contributed by atoms with E-state index >= 15 is 0 Å². The molecule has 0 saturated heterocycles. The number of hydrogen-bond donors (Lipinski definition) is 1. The van der Waals surface area contributed by atoms with E-state index < -0.39 is 11.9 Å². The number of benzene rings is 2. The molecule has 30 heavy (non-hydrogen) atoms. The summed E-state index contributed by atoms with van der Waals surface area (Å²) in [5.41, 5.74) is 0.957. The molecule has 1 unspecified atom stereocenters. The lowest BCUT2D eigenvalue weighted by Crippen LogP contribution is -2.49. The molecule has 0 aliphatic heterocycles. The molecule has 4 nitrogen and oxygen atoms in total. The summed E-state index contributed by atoms with van der Waals surface area (Å²) in [6, 6.07) is 10.5. The quantitative estimate of drug-likeness (QED) is 0.490. The number of halogens is 3. The highest BCUT2D eigenvalue weighted by Crippen LogP contribution is 2.24. The second-order valence-corrected chi connectivity index (χ2v) is 7.94. The SMILES string of the molecule is CCCCNC(=O)C(CC)N(Cc1ccc(Cl)cc1Cl)C(=O)Cc1ccccc1F. The molecule has 1 N–H and O–H groups in total. The lowest BCUT2D eigenvalue weighted by Gasteiger charge is -2.31. The first kappa shape index (κ1) is 24.2. The van der Waals surface area contributed by atoms with Gasteiger partial charge in [0.05, 0.1) is 6.42 Å². The second-order valence-electron chi connectivity index (χ2n) is 7.09. The average Bonchev–Trinajstić information content (AvgIpc) is 2.71. The molecule has 162 valence electrons. The largest absolute Gasteiger partial charge is 0.354 e. The van der Waals surface area contributed by atoms with Crippen molar-refractivity contribution in [1.82, 2.24) is 10.2 Å². The number of nitrogens with one attached hydrogen (secondary N) is 1. The van der Waals surface area contributed by atoms with Gasteiger partial charge in [-0.25, -0.2) is 4.39 Å². The molecule has 2 rings (SSSR count). The fourth-order valence-electron chi connectivity index (χ4n) is 3.17. The first-order chi connectivity index (χ1) is 14.4. The van der Waals surface area contributed by atoms with Crippen LogP contribution in [-0.4, -0.2) is 29.3 Å². The summed E-state index contributed by atoms with van der Waals surface area (Å²) >= 11 is 12.3. The average molecular weight is 453 g/mol. The molecule has 0 aliphatic rings. The highest BCUT2D eigenvalue weighted by atomic mass is 35.5. The Kier molecular flexibility index (Phi) is 9.60. The lowest BCUT2D eigenvalue weighted by molar-refractivity contribution is -0.141. The molecule has 0 spiro atoms. The Morgan fingerprint density at radius 3 is 2.47 bits per heavy atom. The highest BCUT2D eigenvalue weighted by molar-refractivity contribution is 6.35. The molecular formula is C23H27Cl2FN2O2. The summed E-state index contributed by atoms with van der Waals surface area (Å²) in [6.45, 7) is 4.55. The van der Waals surface area contributed by atoms with Crippen molar-refractivity contribution >= 4 is 35.0 Å². The van der Waals surface area contributed by atoms with Crippen LogP contribution >= 0.6 is 23.2 Å². The van der Waals surface area contributed by atoms with Crippen molar-refractivity contribution < 1.29 is 14.0 Å². The molecule has 1 atom stereocenters. The topological polar surface area (TPSA) is 49.4 Å². The van der Waals surface area contributed by atoms with Gasteiger partial charge in [-0.05, 0) is 42.2 Å². The number of carbonyl (C=O) groups is 2. The van der Waals surface area contributed by atoms with Gasteiger partial charge in [-0.3, -0.25) is 9.59 Å². The van der Waals surface area contributed by atoms with Gasteiger partial charge in [0.2, 0.25) is 11.8 Å². The van der Waals surface area contributed by atoms with Crippen LogP contribution in [0.4, 0.5) is 4.39 Å². The number of hydrogen-bond acceptors (Lipinski definition) is 2. The van der Waals surface area contributed by atoms with Crippen LogP contribution in [0.25, 0.3) is 0 Å². The van der Waals surface area contributed by atoms with Gasteiger partial charge in [0.1, 0.15) is 11.9 Å². The molecule has 7 heteroatoms. The van der Waals surface area contributed by atoms with Crippen molar-refractivity contribution in [3.63, 3.8) is 0 Å². The van der Waals surface area contributed by atoms with E-state index in [0.717, 1.165) is 12.8 Å². The van der Waals surface area contributed by atoms with E-state index in [-0.39, 0.29) is 30.3 Å². The Bertz CT molecular complexity index is 876. The van der Waals surface area contributed by atoms with E-state index in [0.29, 0.717) is 28.6 Å². The molecule has 0 radical (unpaired) electrons. The van der Waals surface area contributed by atoms with Crippen LogP contribution < -0.4 is 5.32 Å². The van der Waals surface area contributed by atoms with Crippen molar-refractivity contribution in [3.05, 3.63) is 69.5 Å². The molecule has 0 bridgehead atoms. The number of unbranched alkanes of at least 4 members (excludes halogenated alkanes) is 1. The number of nitrogens with zero attached hydrogens (tertiary/aromatic N) is 1. The molecule has 0 fully saturated rings. The summed E-state index contributed by atoms with van der Waals surface area (Å²) < 4.78 is 14.1. The zero-order chi connectivity index (χ0) is 22.1. The van der Waals surface area contributed by atoms with Crippen molar-refractivity contribution in [2.75, 3.05) is 6.54 Å². The molecule has 0 aromatic heterocycles. The lowest BCUT2D eigenvalue weighted by atomic mass is 10.1. The first-order valence-corrected chi connectivity index (χ1v) is 10.9. The van der Waals surface area contributed by atoms with Crippen LogP contribution in [0.2, 0.25) is 10.0 Å². The van der Waals surface area contributed by atoms with Crippen molar-refractivity contribution in [1.29, 1.82) is 0 Å². The van der Waals surface area contributed by atoms with E-state index in [2.05, 4.69) is 5.32 Å². The summed E-state index contributed by atoms with van der Waals surface area (Å²) in [6.07, 6.45) is 2.09. The summed E-state index contributed by atoms with van der Waals surface area (Å²) in [7, 11) is 0. The minimum atomic E-state index is -0.687. The van der Waals surface area contributed by atoms with Crippen LogP contribution in [0, 0.1) is 5.82 Å². The maximum Gasteiger partial charge on any atom is 0.242 e. The molecule has 0 heterocycles. The van der Waals surface area contributed by atoms with Gasteiger partial charge in [0.25, 0.3) is 0 Å². The normalized spacial score (nSPS) is 11.8. The van der Waals surface area contributed by atoms with E-state index in [4.69, 9.17) is 23.2 Å². The van der Waals surface area contributed by atoms with Gasteiger partial charge in [-0.2, -0.15) is 0 Å². The van der Waals surface area contributed by atoms with Gasteiger partial charge in [-0.1, -0.05) is 67.7 Å². The van der Waals surface area contributed by atoms with Gasteiger partial charge in [-0.15, -0.1) is 0 Å². The molecular weight excluding hydrogens is 426 g/mol. The standard InChI is InChI=1S/C23H27Cl2FN2O2/c1-3-5-12-27-23(30)21(4-2)28(15-17-10-11-18(24)14-19(17)25)22(29)13-16-8-6-7-9-20(16)26/h6-11,14,21H,3-5,12-13,15H2,1-2H3,(H,27,30). The Hall–Kier alpha value is -2.11. The van der Waals surface area contributed by atoms with Gasteiger partial charge in [0.15, 0.2) is 0 Å². The number of rotatable bonds is 10. The molecule has 2 amide bonds. The third-order valence-corrected chi connectivity index (χ3v) is 5.46. The minimum absolute atomic E-state index is 0.128. The molecule has 0 aliphatic carbocycles. The van der Waals surface area contributed by atoms with Crippen LogP contribution in [-0.2, 0) is 22.6 Å². The third-order valence-electron chi connectivity index (χ3n) is 4.87. The maximum absolute atomic E-state index is 14.1. The van der Waals surface area contributed by atoms with Crippen LogP contribution in [0.1, 0.15) is 44.2 Å². The molecule has 0 saturated carbocycles. The van der Waals surface area contributed by atoms with E-state index in [1.807, 2.05) is 13.8 Å². The Labute approximate surface area is 187 Å². The van der Waals surface area contributed by atoms with Crippen molar-refractivity contribution in [2.45, 2.75) is 52.1 Å². The second kappa shape index (κ2) is 11.9. The fraction of sp³-hybridized carbons (Fsp3) is 0.391. The van der Waals surface area contributed by atoms with E-state index in [9.17, 15) is 14.0 Å². The summed E-state index contributed by atoms with van der Waals surface area (Å²) in [5.74, 6) is -1.02. The van der Waals surface area contributed by atoms with Crippen LogP contribution in [0.5, 0.6) is 0 Å². The predicted molar refractivity (Wildman–Crippen MR) is 119 cm³/mol. The molecule has 2 aromatic carbocycles. The van der Waals surface area contributed by atoms with Crippen molar-refractivity contribution in [3.8, 4) is 0 Å². The fourth-order valence-corrected chi connectivity index (χ4v) is 3.63. The monoisotopic (exact) mass is 452 g/mol. The van der Waals surface area contributed by atoms with Crippen LogP contribution in [0.15, 0.2) is 42.5 Å². The maximum atomic E-state index is 14.1. The van der Waals surface area contributed by atoms with Gasteiger partial charge >= 0.3 is 0 Å². The zero-order valence-electron chi connectivity index (χ0n) is 17.3. The summed E-state index contributed by atoms with van der Waals surface area (Å²) in [4.78, 5) is 27.5. The Morgan fingerprint density at radius 2 is 1.83 bits per heavy atom. The highest BCUT2D eigenvalue weighted by Gasteiger charge is 2.29. The number of carbonyl (C=O) groups excluding carboxylic acids is 2. The van der Waals surface area contributed by atoms with E-state index in [1.165, 1.54) is 11.0 Å². The van der Waals surface area contributed by atoms with Gasteiger partial charge < -0.3 is 10.2 Å². The van der Waals surface area contributed by atoms with Crippen molar-refractivity contribution in [2.24, 2.45) is 0 Å². The summed E-state index contributed by atoms with van der Waals surface area (Å²) in [5, 5.41) is 3.79. The van der Waals surface area contributed by atoms with Gasteiger partial charge in [0, 0.05) is 23.1 Å². The Balaban J connectivity index is 2.30.